The van der Waals surface area contributed by atoms with E-state index >= 15 is 0 Å². The van der Waals surface area contributed by atoms with Crippen LogP contribution in [0.1, 0.15) is 38.5 Å². The lowest BCUT2D eigenvalue weighted by molar-refractivity contribution is -0.142. The third-order valence-corrected chi connectivity index (χ3v) is 5.16. The summed E-state index contributed by atoms with van der Waals surface area (Å²) in [5.74, 6) is -0.990. The van der Waals surface area contributed by atoms with Gasteiger partial charge in [-0.3, -0.25) is 4.79 Å². The standard InChI is InChI=1S/C18H25FN2O2/c19-16-5-1-2-6-17(16)21-11-3-4-15(12-21)20-14-9-7-13(8-10-14)18(22)23/h1-2,5-6,13-15,20H,3-4,7-12H2,(H,22,23). The highest BCUT2D eigenvalue weighted by atomic mass is 19.1. The molecular formula is C18H25FN2O2. The van der Waals surface area contributed by atoms with Gasteiger partial charge in [-0.1, -0.05) is 12.1 Å². The van der Waals surface area contributed by atoms with Crippen LogP contribution in [0.4, 0.5) is 10.1 Å². The number of hydrogen-bond donors (Lipinski definition) is 2. The Balaban J connectivity index is 1.53. The Bertz CT molecular complexity index is 544. The van der Waals surface area contributed by atoms with Gasteiger partial charge in [0.1, 0.15) is 5.82 Å². The third kappa shape index (κ3) is 4.02. The minimum absolute atomic E-state index is 0.157. The van der Waals surface area contributed by atoms with Gasteiger partial charge >= 0.3 is 5.97 Å². The Morgan fingerprint density at radius 3 is 2.57 bits per heavy atom. The number of rotatable bonds is 4. The second kappa shape index (κ2) is 7.30. The van der Waals surface area contributed by atoms with E-state index in [0.717, 1.165) is 51.6 Å². The highest BCUT2D eigenvalue weighted by Gasteiger charge is 2.29. The molecule has 0 bridgehead atoms. The molecule has 2 fully saturated rings. The quantitative estimate of drug-likeness (QED) is 0.895. The highest BCUT2D eigenvalue weighted by molar-refractivity contribution is 5.70. The molecule has 1 aliphatic carbocycles. The largest absolute Gasteiger partial charge is 0.481 e. The van der Waals surface area contributed by atoms with E-state index in [9.17, 15) is 9.18 Å². The van der Waals surface area contributed by atoms with Gasteiger partial charge in [0.15, 0.2) is 0 Å². The Morgan fingerprint density at radius 1 is 1.13 bits per heavy atom. The maximum absolute atomic E-state index is 14.0. The second-order valence-electron chi connectivity index (χ2n) is 6.79. The van der Waals surface area contributed by atoms with Gasteiger partial charge in [0.05, 0.1) is 11.6 Å². The molecule has 0 spiro atoms. The summed E-state index contributed by atoms with van der Waals surface area (Å²) in [6.07, 6.45) is 5.52. The van der Waals surface area contributed by atoms with E-state index in [1.165, 1.54) is 6.07 Å². The topological polar surface area (TPSA) is 52.6 Å². The summed E-state index contributed by atoms with van der Waals surface area (Å²) in [7, 11) is 0. The molecule has 1 aliphatic heterocycles. The fourth-order valence-corrected chi connectivity index (χ4v) is 3.88. The van der Waals surface area contributed by atoms with Crippen molar-refractivity contribution in [1.29, 1.82) is 0 Å². The van der Waals surface area contributed by atoms with Gasteiger partial charge in [-0.05, 0) is 50.7 Å². The number of aliphatic carboxylic acids is 1. The summed E-state index contributed by atoms with van der Waals surface area (Å²) in [5.41, 5.74) is 0.689. The first-order valence-corrected chi connectivity index (χ1v) is 8.62. The number of halogens is 1. The Kier molecular flexibility index (Phi) is 5.16. The van der Waals surface area contributed by atoms with Crippen molar-refractivity contribution < 1.29 is 14.3 Å². The number of carbonyl (C=O) groups is 1. The van der Waals surface area contributed by atoms with E-state index in [4.69, 9.17) is 5.11 Å². The maximum Gasteiger partial charge on any atom is 0.306 e. The first kappa shape index (κ1) is 16.2. The molecule has 1 aromatic carbocycles. The maximum atomic E-state index is 14.0. The zero-order valence-electron chi connectivity index (χ0n) is 13.4. The lowest BCUT2D eigenvalue weighted by Crippen LogP contribution is -2.50. The van der Waals surface area contributed by atoms with E-state index in [0.29, 0.717) is 17.8 Å². The summed E-state index contributed by atoms with van der Waals surface area (Å²) in [5, 5.41) is 12.7. The summed E-state index contributed by atoms with van der Waals surface area (Å²) >= 11 is 0. The SMILES string of the molecule is O=C(O)C1CCC(NC2CCCN(c3ccccc3F)C2)CC1. The lowest BCUT2D eigenvalue weighted by atomic mass is 9.85. The molecule has 23 heavy (non-hydrogen) atoms. The minimum Gasteiger partial charge on any atom is -0.481 e. The van der Waals surface area contributed by atoms with Crippen molar-refractivity contribution in [2.24, 2.45) is 5.92 Å². The van der Waals surface area contributed by atoms with Crippen molar-refractivity contribution in [2.45, 2.75) is 50.6 Å². The average Bonchev–Trinajstić information content (AvgIpc) is 2.56. The van der Waals surface area contributed by atoms with Crippen LogP contribution in [0, 0.1) is 11.7 Å². The van der Waals surface area contributed by atoms with Gasteiger partial charge in [0.25, 0.3) is 0 Å². The van der Waals surface area contributed by atoms with E-state index in [1.54, 1.807) is 6.07 Å². The third-order valence-electron chi connectivity index (χ3n) is 5.16. The number of carboxylic acids is 1. The molecule has 0 aromatic heterocycles. The van der Waals surface area contributed by atoms with Gasteiger partial charge in [0.2, 0.25) is 0 Å². The van der Waals surface area contributed by atoms with E-state index < -0.39 is 5.97 Å². The van der Waals surface area contributed by atoms with Crippen molar-refractivity contribution in [3.05, 3.63) is 30.1 Å². The van der Waals surface area contributed by atoms with Crippen LogP contribution in [0.25, 0.3) is 0 Å². The van der Waals surface area contributed by atoms with Crippen LogP contribution in [0.15, 0.2) is 24.3 Å². The number of hydrogen-bond acceptors (Lipinski definition) is 3. The number of piperidine rings is 1. The van der Waals surface area contributed by atoms with E-state index in [2.05, 4.69) is 10.2 Å². The molecule has 126 valence electrons. The van der Waals surface area contributed by atoms with Crippen LogP contribution in [0.2, 0.25) is 0 Å². The van der Waals surface area contributed by atoms with Crippen LogP contribution in [-0.4, -0.2) is 36.2 Å². The molecule has 0 radical (unpaired) electrons. The van der Waals surface area contributed by atoms with Crippen molar-refractivity contribution in [1.82, 2.24) is 5.32 Å². The van der Waals surface area contributed by atoms with Crippen LogP contribution < -0.4 is 10.2 Å². The molecule has 4 nitrogen and oxygen atoms in total. The smallest absolute Gasteiger partial charge is 0.306 e. The molecule has 3 rings (SSSR count). The minimum atomic E-state index is -0.660. The van der Waals surface area contributed by atoms with Crippen LogP contribution >= 0.6 is 0 Å². The predicted molar refractivity (Wildman–Crippen MR) is 88.2 cm³/mol. The molecule has 1 saturated carbocycles. The highest BCUT2D eigenvalue weighted by Crippen LogP contribution is 2.27. The predicted octanol–water partition coefficient (Wildman–Crippen LogP) is 3.03. The van der Waals surface area contributed by atoms with E-state index in [1.807, 2.05) is 12.1 Å². The Morgan fingerprint density at radius 2 is 1.87 bits per heavy atom. The zero-order chi connectivity index (χ0) is 16.2. The number of nitrogens with one attached hydrogen (secondary N) is 1. The second-order valence-corrected chi connectivity index (χ2v) is 6.79. The number of para-hydroxylation sites is 1. The number of benzene rings is 1. The van der Waals surface area contributed by atoms with Gasteiger partial charge in [-0.15, -0.1) is 0 Å². The molecule has 2 N–H and O–H groups in total. The monoisotopic (exact) mass is 320 g/mol. The first-order chi connectivity index (χ1) is 11.1. The van der Waals surface area contributed by atoms with Gasteiger partial charge < -0.3 is 15.3 Å². The molecule has 0 amide bonds. The molecule has 1 atom stereocenters. The van der Waals surface area contributed by atoms with Crippen LogP contribution in [0.5, 0.6) is 0 Å². The summed E-state index contributed by atoms with van der Waals surface area (Å²) < 4.78 is 14.0. The fourth-order valence-electron chi connectivity index (χ4n) is 3.88. The van der Waals surface area contributed by atoms with Gasteiger partial charge in [0, 0.05) is 25.2 Å². The molecule has 1 saturated heterocycles. The van der Waals surface area contributed by atoms with Crippen molar-refractivity contribution >= 4 is 11.7 Å². The van der Waals surface area contributed by atoms with Gasteiger partial charge in [-0.25, -0.2) is 4.39 Å². The molecular weight excluding hydrogens is 295 g/mol. The number of nitrogens with zero attached hydrogens (tertiary/aromatic N) is 1. The fraction of sp³-hybridized carbons (Fsp3) is 0.611. The summed E-state index contributed by atoms with van der Waals surface area (Å²) in [4.78, 5) is 13.1. The van der Waals surface area contributed by atoms with Crippen molar-refractivity contribution in [3.8, 4) is 0 Å². The van der Waals surface area contributed by atoms with E-state index in [-0.39, 0.29) is 11.7 Å². The van der Waals surface area contributed by atoms with Gasteiger partial charge in [-0.2, -0.15) is 0 Å². The number of carboxylic acid groups (broad SMARTS) is 1. The van der Waals surface area contributed by atoms with Crippen LogP contribution in [-0.2, 0) is 4.79 Å². The lowest BCUT2D eigenvalue weighted by Gasteiger charge is -2.38. The average molecular weight is 320 g/mol. The Labute approximate surface area is 136 Å². The van der Waals surface area contributed by atoms with Crippen molar-refractivity contribution in [3.63, 3.8) is 0 Å². The molecule has 5 heteroatoms. The molecule has 1 aromatic rings. The zero-order valence-corrected chi connectivity index (χ0v) is 13.4. The first-order valence-electron chi connectivity index (χ1n) is 8.62. The van der Waals surface area contributed by atoms with Crippen molar-refractivity contribution in [2.75, 3.05) is 18.0 Å². The molecule has 1 unspecified atom stereocenters. The molecule has 1 heterocycles. The summed E-state index contributed by atoms with van der Waals surface area (Å²) in [6, 6.07) is 7.71. The normalized spacial score (nSPS) is 28.6. The Hall–Kier alpha value is -1.62. The molecule has 2 aliphatic rings. The van der Waals surface area contributed by atoms with Crippen LogP contribution in [0.3, 0.4) is 0 Å². The summed E-state index contributed by atoms with van der Waals surface area (Å²) in [6.45, 7) is 1.71. The number of anilines is 1.